The van der Waals surface area contributed by atoms with E-state index >= 15 is 0 Å². The Bertz CT molecular complexity index is 3510. The van der Waals surface area contributed by atoms with E-state index in [-0.39, 0.29) is 58.2 Å². The van der Waals surface area contributed by atoms with E-state index in [1.165, 1.54) is 0 Å². The summed E-state index contributed by atoms with van der Waals surface area (Å²) in [4.78, 5) is 0. The van der Waals surface area contributed by atoms with Gasteiger partial charge >= 0.3 is 0 Å². The Balaban J connectivity index is 1.15. The number of rotatable bonds is 4. The summed E-state index contributed by atoms with van der Waals surface area (Å²) in [6.45, 7) is 0. The van der Waals surface area contributed by atoms with Gasteiger partial charge in [-0.05, 0) is 118 Å². The zero-order valence-electron chi connectivity index (χ0n) is 34.4. The second-order valence-corrected chi connectivity index (χ2v) is 13.5. The van der Waals surface area contributed by atoms with Crippen LogP contribution in [-0.2, 0) is 0 Å². The van der Waals surface area contributed by atoms with Crippen molar-refractivity contribution in [3.63, 3.8) is 0 Å². The van der Waals surface area contributed by atoms with E-state index in [0.29, 0.717) is 27.7 Å². The minimum absolute atomic E-state index is 0.0114. The van der Waals surface area contributed by atoms with Gasteiger partial charge in [0.05, 0.1) is 8.22 Å². The molecule has 11 aromatic rings. The van der Waals surface area contributed by atoms with Crippen molar-refractivity contribution in [2.24, 2.45) is 0 Å². The van der Waals surface area contributed by atoms with Crippen LogP contribution in [0.25, 0.3) is 110 Å². The fourth-order valence-corrected chi connectivity index (χ4v) is 8.13. The van der Waals surface area contributed by atoms with E-state index in [0.717, 1.165) is 60.0 Å². The van der Waals surface area contributed by atoms with Crippen molar-refractivity contribution in [3.05, 3.63) is 194 Å². The maximum atomic E-state index is 9.74. The van der Waals surface area contributed by atoms with Gasteiger partial charge in [0.2, 0.25) is 0 Å². The Hall–Kier alpha value is -6.96. The van der Waals surface area contributed by atoms with Crippen molar-refractivity contribution >= 4 is 65.0 Å². The van der Waals surface area contributed by atoms with Crippen LogP contribution >= 0.6 is 0 Å². The third-order valence-electron chi connectivity index (χ3n) is 10.5. The standard InChI is InChI=1S/C52H32O/c1-2-13-34(14-3-1)50-43-17-6-8-19-45(43)51(46-20-9-7-18-44(46)50)39-27-25-35-30-37(26-24-36(35)31-39)42-22-11-23-48-52(42)47-29-28-38(32-49(47)53-48)41-21-10-15-33-12-4-5-16-40(33)41/h1-32H/i24D,25D,26D,27D,30D,31D. The van der Waals surface area contributed by atoms with Gasteiger partial charge in [-0.25, -0.2) is 0 Å². The zero-order chi connectivity index (χ0) is 40.1. The molecule has 1 aromatic heterocycles. The zero-order valence-corrected chi connectivity index (χ0v) is 28.4. The molecule has 0 N–H and O–H groups in total. The van der Waals surface area contributed by atoms with Gasteiger partial charge in [-0.2, -0.15) is 0 Å². The summed E-state index contributed by atoms with van der Waals surface area (Å²) in [5.41, 5.74) is 6.88. The normalized spacial score (nSPS) is 13.4. The quantitative estimate of drug-likeness (QED) is 0.169. The lowest BCUT2D eigenvalue weighted by atomic mass is 9.85. The molecule has 0 amide bonds. The number of fused-ring (bicyclic) bond motifs is 7. The highest BCUT2D eigenvalue weighted by molar-refractivity contribution is 6.22. The van der Waals surface area contributed by atoms with Gasteiger partial charge in [0, 0.05) is 10.8 Å². The molecule has 246 valence electrons. The summed E-state index contributed by atoms with van der Waals surface area (Å²) >= 11 is 0. The molecule has 0 aliphatic rings. The molecule has 0 fully saturated rings. The van der Waals surface area contributed by atoms with Gasteiger partial charge in [-0.15, -0.1) is 0 Å². The van der Waals surface area contributed by atoms with Crippen LogP contribution in [0, 0.1) is 0 Å². The van der Waals surface area contributed by atoms with Crippen LogP contribution in [0.4, 0.5) is 0 Å². The van der Waals surface area contributed by atoms with Crippen molar-refractivity contribution in [1.82, 2.24) is 0 Å². The SMILES string of the molecule is [2H]c1c(-c2cccc3oc4cc(-c5cccc6ccccc56)ccc4c23)c([2H])c2c([2H])c([2H])c(-c3c4ccccc4c(-c4ccccc4)c4ccccc34)c([2H])c2c1[2H]. The Morgan fingerprint density at radius 3 is 1.64 bits per heavy atom. The molecule has 0 aliphatic carbocycles. The Kier molecular flexibility index (Phi) is 5.40. The average molecular weight is 679 g/mol. The molecule has 0 atom stereocenters. The molecular formula is C52H32O. The highest BCUT2D eigenvalue weighted by Crippen LogP contribution is 2.45. The lowest BCUT2D eigenvalue weighted by Gasteiger charge is -2.18. The van der Waals surface area contributed by atoms with Gasteiger partial charge < -0.3 is 4.42 Å². The van der Waals surface area contributed by atoms with Crippen LogP contribution in [-0.4, -0.2) is 0 Å². The predicted molar refractivity (Wildman–Crippen MR) is 225 cm³/mol. The first-order valence-electron chi connectivity index (χ1n) is 20.8. The summed E-state index contributed by atoms with van der Waals surface area (Å²) in [7, 11) is 0. The fourth-order valence-electron chi connectivity index (χ4n) is 8.13. The Labute approximate surface area is 315 Å². The van der Waals surface area contributed by atoms with Crippen molar-refractivity contribution in [2.45, 2.75) is 0 Å². The maximum Gasteiger partial charge on any atom is 0.136 e. The van der Waals surface area contributed by atoms with Crippen molar-refractivity contribution in [3.8, 4) is 44.5 Å². The van der Waals surface area contributed by atoms with E-state index in [1.54, 1.807) is 0 Å². The summed E-state index contributed by atoms with van der Waals surface area (Å²) in [5, 5.41) is 7.29. The predicted octanol–water partition coefficient (Wildman–Crippen LogP) is 14.9. The average Bonchev–Trinajstić information content (AvgIpc) is 3.65. The lowest BCUT2D eigenvalue weighted by Crippen LogP contribution is -1.90. The largest absolute Gasteiger partial charge is 0.456 e. The van der Waals surface area contributed by atoms with Crippen LogP contribution in [0.15, 0.2) is 198 Å². The van der Waals surface area contributed by atoms with E-state index in [2.05, 4.69) is 42.5 Å². The molecule has 1 heterocycles. The van der Waals surface area contributed by atoms with Gasteiger partial charge in [0.15, 0.2) is 0 Å². The first kappa shape index (κ1) is 24.3. The monoisotopic (exact) mass is 678 g/mol. The van der Waals surface area contributed by atoms with E-state index < -0.39 is 0 Å². The topological polar surface area (TPSA) is 13.1 Å². The maximum absolute atomic E-state index is 9.74. The summed E-state index contributed by atoms with van der Waals surface area (Å²) in [6, 6.07) is 50.8. The number of hydrogen-bond acceptors (Lipinski definition) is 1. The molecule has 10 aromatic carbocycles. The fraction of sp³-hybridized carbons (Fsp3) is 0. The molecule has 0 unspecified atom stereocenters. The van der Waals surface area contributed by atoms with E-state index in [4.69, 9.17) is 4.42 Å². The van der Waals surface area contributed by atoms with Crippen LogP contribution in [0.3, 0.4) is 0 Å². The van der Waals surface area contributed by atoms with Gasteiger partial charge in [-0.1, -0.05) is 164 Å². The third kappa shape index (κ3) is 4.71. The number of furan rings is 1. The van der Waals surface area contributed by atoms with Gasteiger partial charge in [-0.3, -0.25) is 0 Å². The van der Waals surface area contributed by atoms with Gasteiger partial charge in [0.25, 0.3) is 0 Å². The highest BCUT2D eigenvalue weighted by atomic mass is 16.3. The van der Waals surface area contributed by atoms with Crippen molar-refractivity contribution in [2.75, 3.05) is 0 Å². The lowest BCUT2D eigenvalue weighted by molar-refractivity contribution is 0.669. The summed E-state index contributed by atoms with van der Waals surface area (Å²) in [6.07, 6.45) is 0. The smallest absolute Gasteiger partial charge is 0.136 e. The minimum Gasteiger partial charge on any atom is -0.456 e. The summed E-state index contributed by atoms with van der Waals surface area (Å²) < 4.78 is 63.9. The molecule has 53 heavy (non-hydrogen) atoms. The molecule has 0 saturated heterocycles. The molecule has 0 radical (unpaired) electrons. The first-order valence-corrected chi connectivity index (χ1v) is 17.8. The highest BCUT2D eigenvalue weighted by Gasteiger charge is 2.18. The molecule has 1 nitrogen and oxygen atoms in total. The van der Waals surface area contributed by atoms with Crippen LogP contribution in [0.5, 0.6) is 0 Å². The summed E-state index contributed by atoms with van der Waals surface area (Å²) in [5.74, 6) is 0. The molecule has 11 rings (SSSR count). The second kappa shape index (κ2) is 11.8. The number of benzene rings is 10. The molecule has 0 bridgehead atoms. The second-order valence-electron chi connectivity index (χ2n) is 13.5. The molecule has 0 saturated carbocycles. The molecule has 1 heteroatoms. The van der Waals surface area contributed by atoms with E-state index in [9.17, 15) is 8.22 Å². The Morgan fingerprint density at radius 2 is 0.906 bits per heavy atom. The number of hydrogen-bond donors (Lipinski definition) is 0. The molecule has 0 spiro atoms. The van der Waals surface area contributed by atoms with E-state index in [1.807, 2.05) is 115 Å². The van der Waals surface area contributed by atoms with Crippen molar-refractivity contribution in [1.29, 1.82) is 0 Å². The van der Waals surface area contributed by atoms with Gasteiger partial charge in [0.1, 0.15) is 11.2 Å². The van der Waals surface area contributed by atoms with Crippen LogP contribution in [0.1, 0.15) is 8.22 Å². The molecule has 0 aliphatic heterocycles. The van der Waals surface area contributed by atoms with Crippen molar-refractivity contribution < 1.29 is 12.6 Å². The van der Waals surface area contributed by atoms with Crippen LogP contribution < -0.4 is 0 Å². The third-order valence-corrected chi connectivity index (χ3v) is 10.5. The Morgan fingerprint density at radius 1 is 0.340 bits per heavy atom. The molecular weight excluding hydrogens is 641 g/mol. The first-order chi connectivity index (χ1) is 28.8. The van der Waals surface area contributed by atoms with Crippen LogP contribution in [0.2, 0.25) is 0 Å². The minimum atomic E-state index is -0.261.